The first-order valence-corrected chi connectivity index (χ1v) is 11.8. The highest BCUT2D eigenvalue weighted by molar-refractivity contribution is 6.32. The molecule has 0 aromatic carbocycles. The summed E-state index contributed by atoms with van der Waals surface area (Å²) in [4.78, 5) is 37.1. The van der Waals surface area contributed by atoms with E-state index < -0.39 is 17.0 Å². The predicted molar refractivity (Wildman–Crippen MR) is 116 cm³/mol. The molecule has 0 aromatic rings. The summed E-state index contributed by atoms with van der Waals surface area (Å²) in [6.07, 6.45) is 7.31. The van der Waals surface area contributed by atoms with E-state index in [-0.39, 0.29) is 34.7 Å². The summed E-state index contributed by atoms with van der Waals surface area (Å²) in [7, 11) is 0. The molecule has 0 aromatic heterocycles. The number of Topliss-reactive ketones (excluding diaryl/α,β-unsaturated/α-hetero) is 1. The summed E-state index contributed by atoms with van der Waals surface area (Å²) in [6.45, 7) is 7.26. The van der Waals surface area contributed by atoms with E-state index in [1.54, 1.807) is 13.0 Å². The lowest BCUT2D eigenvalue weighted by molar-refractivity contribution is -0.185. The summed E-state index contributed by atoms with van der Waals surface area (Å²) in [5, 5.41) is 0.638. The fourth-order valence-corrected chi connectivity index (χ4v) is 8.38. The lowest BCUT2D eigenvalue weighted by atomic mass is 9.46. The number of esters is 1. The molecule has 4 rings (SSSR count). The van der Waals surface area contributed by atoms with E-state index in [1.165, 1.54) is 6.92 Å². The lowest BCUT2D eigenvalue weighted by Gasteiger charge is -2.59. The highest BCUT2D eigenvalue weighted by Gasteiger charge is 2.68. The Labute approximate surface area is 188 Å². The van der Waals surface area contributed by atoms with E-state index in [4.69, 9.17) is 27.9 Å². The van der Waals surface area contributed by atoms with Crippen molar-refractivity contribution in [3.8, 4) is 0 Å². The molecule has 0 amide bonds. The van der Waals surface area contributed by atoms with Crippen LogP contribution < -0.4 is 0 Å². The molecule has 7 unspecified atom stereocenters. The van der Waals surface area contributed by atoms with Crippen molar-refractivity contribution in [1.29, 1.82) is 0 Å². The minimum atomic E-state index is -1.07. The monoisotopic (exact) mass is 452 g/mol. The van der Waals surface area contributed by atoms with Crippen molar-refractivity contribution >= 4 is 40.7 Å². The van der Waals surface area contributed by atoms with Gasteiger partial charge in [-0.15, -0.1) is 11.6 Å². The smallest absolute Gasteiger partial charge is 0.303 e. The van der Waals surface area contributed by atoms with Crippen molar-refractivity contribution in [2.75, 3.05) is 5.88 Å². The topological polar surface area (TPSA) is 60.4 Å². The highest BCUT2D eigenvalue weighted by Crippen LogP contribution is 2.68. The van der Waals surface area contributed by atoms with Gasteiger partial charge < -0.3 is 4.74 Å². The van der Waals surface area contributed by atoms with Crippen LogP contribution >= 0.6 is 23.2 Å². The molecule has 0 heterocycles. The second-order valence-electron chi connectivity index (χ2n) is 10.1. The van der Waals surface area contributed by atoms with Crippen LogP contribution in [0.4, 0.5) is 0 Å². The van der Waals surface area contributed by atoms with Gasteiger partial charge in [-0.25, -0.2) is 0 Å². The standard InChI is InChI=1S/C24H30Cl2O4/c1-13(27)24(30-14(2)28)8-6-18-17-11-21(26)20-10-16(29)9-15(12-25)23(20,4)19(17)5-7-22(18,24)3/h10-11,15,17-19H,5-9,12H2,1-4H3. The number of allylic oxidation sites excluding steroid dienone is 4. The van der Waals surface area contributed by atoms with Crippen molar-refractivity contribution in [3.05, 3.63) is 22.8 Å². The zero-order chi connectivity index (χ0) is 22.1. The molecule has 0 N–H and O–H groups in total. The Balaban J connectivity index is 1.82. The van der Waals surface area contributed by atoms with E-state index >= 15 is 0 Å². The number of carbonyl (C=O) groups excluding carboxylic acids is 3. The molecule has 2 fully saturated rings. The third kappa shape index (κ3) is 2.75. The molecule has 7 atom stereocenters. The van der Waals surface area contributed by atoms with Crippen LogP contribution in [0.3, 0.4) is 0 Å². The number of halogens is 2. The van der Waals surface area contributed by atoms with Crippen LogP contribution in [0.5, 0.6) is 0 Å². The van der Waals surface area contributed by atoms with Crippen LogP contribution in [-0.2, 0) is 19.1 Å². The van der Waals surface area contributed by atoms with E-state index in [0.717, 1.165) is 24.8 Å². The molecular formula is C24H30Cl2O4. The number of fused-ring (bicyclic) bond motifs is 5. The van der Waals surface area contributed by atoms with Crippen molar-refractivity contribution < 1.29 is 19.1 Å². The van der Waals surface area contributed by atoms with Crippen LogP contribution in [-0.4, -0.2) is 29.0 Å². The fourth-order valence-electron chi connectivity index (χ4n) is 7.54. The van der Waals surface area contributed by atoms with Crippen LogP contribution in [0.25, 0.3) is 0 Å². The summed E-state index contributed by atoms with van der Waals surface area (Å²) in [5.74, 6) is 0.705. The third-order valence-corrected chi connectivity index (χ3v) is 9.77. The fraction of sp³-hybridized carbons (Fsp3) is 0.708. The molecule has 4 aliphatic rings. The van der Waals surface area contributed by atoms with E-state index in [9.17, 15) is 14.4 Å². The van der Waals surface area contributed by atoms with Crippen LogP contribution in [0, 0.1) is 34.5 Å². The number of hydrogen-bond donors (Lipinski definition) is 0. The average molecular weight is 453 g/mol. The molecule has 0 saturated heterocycles. The lowest BCUT2D eigenvalue weighted by Crippen LogP contribution is -2.59. The number of alkyl halides is 1. The van der Waals surface area contributed by atoms with Crippen molar-refractivity contribution in [2.45, 2.75) is 65.4 Å². The van der Waals surface area contributed by atoms with Gasteiger partial charge in [-0.3, -0.25) is 14.4 Å². The third-order valence-electron chi connectivity index (χ3n) is 9.07. The minimum Gasteiger partial charge on any atom is -0.451 e. The maximum absolute atomic E-state index is 12.8. The molecule has 30 heavy (non-hydrogen) atoms. The van der Waals surface area contributed by atoms with Gasteiger partial charge >= 0.3 is 5.97 Å². The molecular weight excluding hydrogens is 423 g/mol. The van der Waals surface area contributed by atoms with E-state index in [1.807, 2.05) is 0 Å². The predicted octanol–water partition coefficient (Wildman–Crippen LogP) is 5.22. The molecule has 4 aliphatic carbocycles. The number of ether oxygens (including phenoxy) is 1. The first-order chi connectivity index (χ1) is 14.0. The largest absolute Gasteiger partial charge is 0.451 e. The second kappa shape index (κ2) is 7.20. The minimum absolute atomic E-state index is 0.0402. The van der Waals surface area contributed by atoms with Crippen molar-refractivity contribution in [3.63, 3.8) is 0 Å². The number of rotatable bonds is 3. The summed E-state index contributed by atoms with van der Waals surface area (Å²) < 4.78 is 5.81. The van der Waals surface area contributed by atoms with Crippen LogP contribution in [0.1, 0.15) is 59.8 Å². The number of ketones is 2. The number of hydrogen-bond acceptors (Lipinski definition) is 4. The van der Waals surface area contributed by atoms with Crippen LogP contribution in [0.15, 0.2) is 22.8 Å². The molecule has 2 saturated carbocycles. The van der Waals surface area contributed by atoms with Gasteiger partial charge in [-0.1, -0.05) is 31.5 Å². The molecule has 164 valence electrons. The Morgan fingerprint density at radius 3 is 2.43 bits per heavy atom. The quantitative estimate of drug-likeness (QED) is 0.435. The van der Waals surface area contributed by atoms with Crippen molar-refractivity contribution in [1.82, 2.24) is 0 Å². The van der Waals surface area contributed by atoms with Gasteiger partial charge in [-0.2, -0.15) is 0 Å². The Hall–Kier alpha value is -1.13. The SMILES string of the molecule is CC(=O)OC1(C(C)=O)CCC2C3C=C(Cl)C4=CC(=O)CC(CCl)C4(C)C3CCC21C. The van der Waals surface area contributed by atoms with Gasteiger partial charge in [-0.05, 0) is 67.9 Å². The molecule has 4 nitrogen and oxygen atoms in total. The summed E-state index contributed by atoms with van der Waals surface area (Å²) >= 11 is 13.2. The molecule has 0 radical (unpaired) electrons. The first-order valence-electron chi connectivity index (χ1n) is 10.9. The molecule has 0 spiro atoms. The first kappa shape index (κ1) is 22.1. The van der Waals surface area contributed by atoms with Gasteiger partial charge in [0.25, 0.3) is 0 Å². The zero-order valence-corrected chi connectivity index (χ0v) is 19.6. The maximum atomic E-state index is 12.8. The Morgan fingerprint density at radius 1 is 1.17 bits per heavy atom. The molecule has 0 aliphatic heterocycles. The second-order valence-corrected chi connectivity index (χ2v) is 10.9. The van der Waals surface area contributed by atoms with E-state index in [2.05, 4.69) is 19.9 Å². The Bertz CT molecular complexity index is 876. The average Bonchev–Trinajstić information content (AvgIpc) is 2.96. The van der Waals surface area contributed by atoms with Gasteiger partial charge in [0.1, 0.15) is 0 Å². The van der Waals surface area contributed by atoms with Gasteiger partial charge in [0, 0.05) is 35.1 Å². The van der Waals surface area contributed by atoms with Crippen LogP contribution in [0.2, 0.25) is 0 Å². The normalized spacial score (nSPS) is 44.9. The number of carbonyl (C=O) groups is 3. The Kier molecular flexibility index (Phi) is 5.30. The summed E-state index contributed by atoms with van der Waals surface area (Å²) in [6, 6.07) is 0. The maximum Gasteiger partial charge on any atom is 0.303 e. The summed E-state index contributed by atoms with van der Waals surface area (Å²) in [5.41, 5.74) is -0.846. The van der Waals surface area contributed by atoms with Gasteiger partial charge in [0.2, 0.25) is 0 Å². The highest BCUT2D eigenvalue weighted by atomic mass is 35.5. The molecule has 0 bridgehead atoms. The van der Waals surface area contributed by atoms with E-state index in [0.29, 0.717) is 29.7 Å². The Morgan fingerprint density at radius 2 is 1.83 bits per heavy atom. The van der Waals surface area contributed by atoms with Gasteiger partial charge in [0.15, 0.2) is 17.2 Å². The molecule has 6 heteroatoms. The van der Waals surface area contributed by atoms with Crippen molar-refractivity contribution in [2.24, 2.45) is 34.5 Å². The van der Waals surface area contributed by atoms with Gasteiger partial charge in [0.05, 0.1) is 0 Å². The zero-order valence-electron chi connectivity index (χ0n) is 18.1.